The molecule has 7 heteroatoms. The summed E-state index contributed by atoms with van der Waals surface area (Å²) in [5.74, 6) is 0.368. The average Bonchev–Trinajstić information content (AvgIpc) is 2.54. The maximum atomic E-state index is 11.0. The van der Waals surface area contributed by atoms with Gasteiger partial charge in [0.25, 0.3) is 0 Å². The number of nitrogens with one attached hydrogen (secondary N) is 1. The Labute approximate surface area is 155 Å². The highest BCUT2D eigenvalue weighted by Gasteiger charge is 2.19. The Morgan fingerprint density at radius 1 is 1.04 bits per heavy atom. The Kier molecular flexibility index (Phi) is 11.1. The molecule has 1 rings (SSSR count). The molecule has 0 aliphatic heterocycles. The molecule has 0 unspecified atom stereocenters. The van der Waals surface area contributed by atoms with Gasteiger partial charge in [0.05, 0.1) is 20.8 Å². The quantitative estimate of drug-likeness (QED) is 0.539. The van der Waals surface area contributed by atoms with E-state index in [9.17, 15) is 9.59 Å². The minimum absolute atomic E-state index is 0.279. The first-order valence-electron chi connectivity index (χ1n) is 8.39. The van der Waals surface area contributed by atoms with Gasteiger partial charge in [-0.3, -0.25) is 9.59 Å². The molecule has 0 aliphatic rings. The SMILES string of the molecule is CCOC(=O)CC(=O)OC(C)(C)C.COc1ccc(CC[NH-])cc1OC. The van der Waals surface area contributed by atoms with Crippen molar-refractivity contribution in [3.05, 3.63) is 29.5 Å². The molecule has 0 aromatic heterocycles. The van der Waals surface area contributed by atoms with Gasteiger partial charge >= 0.3 is 11.9 Å². The van der Waals surface area contributed by atoms with E-state index in [-0.39, 0.29) is 13.0 Å². The summed E-state index contributed by atoms with van der Waals surface area (Å²) in [7, 11) is 3.23. The fraction of sp³-hybridized carbons (Fsp3) is 0.579. The van der Waals surface area contributed by atoms with Crippen molar-refractivity contribution in [3.8, 4) is 11.5 Å². The van der Waals surface area contributed by atoms with Crippen LogP contribution in [0.2, 0.25) is 0 Å². The molecule has 0 amide bonds. The van der Waals surface area contributed by atoms with Gasteiger partial charge in [-0.25, -0.2) is 0 Å². The molecular formula is C19H30NO6-. The number of ether oxygens (including phenoxy) is 4. The lowest BCUT2D eigenvalue weighted by molar-refractivity contribution is -0.161. The normalized spacial score (nSPS) is 10.3. The van der Waals surface area contributed by atoms with E-state index in [0.717, 1.165) is 23.5 Å². The van der Waals surface area contributed by atoms with Crippen molar-refractivity contribution in [2.24, 2.45) is 0 Å². The minimum atomic E-state index is -0.552. The summed E-state index contributed by atoms with van der Waals surface area (Å²) in [6.45, 7) is 7.60. The van der Waals surface area contributed by atoms with E-state index in [1.807, 2.05) is 18.2 Å². The van der Waals surface area contributed by atoms with Crippen LogP contribution >= 0.6 is 0 Å². The topological polar surface area (TPSA) is 94.9 Å². The molecule has 0 radical (unpaired) electrons. The van der Waals surface area contributed by atoms with Crippen molar-refractivity contribution in [2.75, 3.05) is 27.4 Å². The number of methoxy groups -OCH3 is 2. The maximum Gasteiger partial charge on any atom is 0.317 e. The monoisotopic (exact) mass is 368 g/mol. The third-order valence-corrected chi connectivity index (χ3v) is 2.88. The van der Waals surface area contributed by atoms with E-state index in [2.05, 4.69) is 4.74 Å². The number of carbonyl (C=O) groups is 2. The second-order valence-electron chi connectivity index (χ2n) is 6.26. The molecule has 0 spiro atoms. The van der Waals surface area contributed by atoms with E-state index >= 15 is 0 Å². The van der Waals surface area contributed by atoms with Gasteiger partial charge < -0.3 is 24.7 Å². The number of hydrogen-bond acceptors (Lipinski definition) is 6. The predicted molar refractivity (Wildman–Crippen MR) is 99.5 cm³/mol. The van der Waals surface area contributed by atoms with Crippen LogP contribution in [0.1, 0.15) is 39.7 Å². The third kappa shape index (κ3) is 10.6. The largest absolute Gasteiger partial charge is 0.677 e. The van der Waals surface area contributed by atoms with Crippen molar-refractivity contribution < 1.29 is 28.5 Å². The first-order valence-corrected chi connectivity index (χ1v) is 8.39. The molecule has 0 aliphatic carbocycles. The summed E-state index contributed by atoms with van der Waals surface area (Å²) in [5.41, 5.74) is 7.65. The number of hydrogen-bond donors (Lipinski definition) is 0. The Balaban J connectivity index is 0.000000481. The van der Waals surface area contributed by atoms with Gasteiger partial charge in [-0.05, 0) is 51.8 Å². The summed E-state index contributed by atoms with van der Waals surface area (Å²) in [6.07, 6.45) is 0.436. The lowest BCUT2D eigenvalue weighted by Crippen LogP contribution is -2.25. The molecule has 1 N–H and O–H groups in total. The van der Waals surface area contributed by atoms with Crippen molar-refractivity contribution in [3.63, 3.8) is 0 Å². The fourth-order valence-electron chi connectivity index (χ4n) is 1.89. The van der Waals surface area contributed by atoms with Crippen LogP contribution in [0.5, 0.6) is 11.5 Å². The summed E-state index contributed by atoms with van der Waals surface area (Å²) >= 11 is 0. The maximum absolute atomic E-state index is 11.0. The molecule has 0 bridgehead atoms. The van der Waals surface area contributed by atoms with Crippen LogP contribution in [0.15, 0.2) is 18.2 Å². The molecule has 26 heavy (non-hydrogen) atoms. The third-order valence-electron chi connectivity index (χ3n) is 2.88. The summed E-state index contributed by atoms with van der Waals surface area (Å²) < 4.78 is 19.7. The van der Waals surface area contributed by atoms with Crippen molar-refractivity contribution >= 4 is 11.9 Å². The molecule has 0 fully saturated rings. The van der Waals surface area contributed by atoms with Gasteiger partial charge in [0, 0.05) is 0 Å². The Hall–Kier alpha value is -2.28. The lowest BCUT2D eigenvalue weighted by atomic mass is 10.1. The highest BCUT2D eigenvalue weighted by atomic mass is 16.6. The molecule has 0 saturated carbocycles. The number of benzene rings is 1. The summed E-state index contributed by atoms with van der Waals surface area (Å²) in [6, 6.07) is 5.73. The van der Waals surface area contributed by atoms with Gasteiger partial charge in [-0.15, -0.1) is 6.54 Å². The molecular weight excluding hydrogens is 338 g/mol. The average molecular weight is 368 g/mol. The smallest absolute Gasteiger partial charge is 0.317 e. The lowest BCUT2D eigenvalue weighted by Gasteiger charge is -2.18. The Morgan fingerprint density at radius 2 is 1.65 bits per heavy atom. The highest BCUT2D eigenvalue weighted by Crippen LogP contribution is 2.27. The van der Waals surface area contributed by atoms with E-state index in [4.69, 9.17) is 19.9 Å². The van der Waals surface area contributed by atoms with E-state index < -0.39 is 17.5 Å². The Bertz CT molecular complexity index is 566. The van der Waals surface area contributed by atoms with Gasteiger partial charge in [-0.1, -0.05) is 6.07 Å². The summed E-state index contributed by atoms with van der Waals surface area (Å²) in [4.78, 5) is 21.8. The first-order chi connectivity index (χ1) is 12.2. The zero-order valence-corrected chi connectivity index (χ0v) is 16.5. The minimum Gasteiger partial charge on any atom is -0.677 e. The van der Waals surface area contributed by atoms with Crippen molar-refractivity contribution in [2.45, 2.75) is 46.1 Å². The van der Waals surface area contributed by atoms with Gasteiger partial charge in [-0.2, -0.15) is 0 Å². The van der Waals surface area contributed by atoms with Crippen LogP contribution < -0.4 is 9.47 Å². The van der Waals surface area contributed by atoms with Crippen LogP contribution in [0.4, 0.5) is 0 Å². The van der Waals surface area contributed by atoms with E-state index in [0.29, 0.717) is 6.54 Å². The summed E-state index contributed by atoms with van der Waals surface area (Å²) in [5, 5.41) is 0. The Morgan fingerprint density at radius 3 is 2.12 bits per heavy atom. The second-order valence-corrected chi connectivity index (χ2v) is 6.26. The molecule has 148 valence electrons. The number of carbonyl (C=O) groups excluding carboxylic acids is 2. The van der Waals surface area contributed by atoms with Crippen LogP contribution in [0, 0.1) is 0 Å². The van der Waals surface area contributed by atoms with Gasteiger partial charge in [0.15, 0.2) is 11.5 Å². The molecule has 0 saturated heterocycles. The van der Waals surface area contributed by atoms with Crippen LogP contribution in [0.3, 0.4) is 0 Å². The molecule has 0 heterocycles. The van der Waals surface area contributed by atoms with Gasteiger partial charge in [0.1, 0.15) is 12.0 Å². The standard InChI is InChI=1S/C10H14NO2.C9H16O4/c1-12-9-4-3-8(5-6-11)7-10(9)13-2;1-5-12-7(10)6-8(11)13-9(2,3)4/h3-4,7,11H,5-6H2,1-2H3;5-6H2,1-4H3/q-1;. The first kappa shape index (κ1) is 23.7. The molecule has 1 aromatic rings. The predicted octanol–water partition coefficient (Wildman–Crippen LogP) is 3.58. The molecule has 1 aromatic carbocycles. The molecule has 0 atom stereocenters. The van der Waals surface area contributed by atoms with E-state index in [1.165, 1.54) is 0 Å². The van der Waals surface area contributed by atoms with Gasteiger partial charge in [0.2, 0.25) is 0 Å². The van der Waals surface area contributed by atoms with Crippen LogP contribution in [0.25, 0.3) is 5.73 Å². The number of rotatable bonds is 7. The zero-order valence-electron chi connectivity index (χ0n) is 16.5. The highest BCUT2D eigenvalue weighted by molar-refractivity contribution is 5.91. The van der Waals surface area contributed by atoms with Crippen molar-refractivity contribution in [1.29, 1.82) is 0 Å². The van der Waals surface area contributed by atoms with Crippen LogP contribution in [-0.2, 0) is 25.5 Å². The van der Waals surface area contributed by atoms with Crippen molar-refractivity contribution in [1.82, 2.24) is 0 Å². The fourth-order valence-corrected chi connectivity index (χ4v) is 1.89. The number of esters is 2. The zero-order chi connectivity index (χ0) is 20.2. The second kappa shape index (κ2) is 12.1. The van der Waals surface area contributed by atoms with E-state index in [1.54, 1.807) is 41.9 Å². The molecule has 7 nitrogen and oxygen atoms in total. The van der Waals surface area contributed by atoms with Crippen LogP contribution in [-0.4, -0.2) is 44.9 Å².